The third-order valence-electron chi connectivity index (χ3n) is 3.03. The zero-order valence-electron chi connectivity index (χ0n) is 9.94. The van der Waals surface area contributed by atoms with E-state index >= 15 is 0 Å². The number of halogens is 1. The standard InChI is InChI=1S/C12H14ClN3OS/c1-7-12(17)15-4-5-16(7)10-3-2-8(13)6-9(10)11(14)18/h2-3,6-7H,4-5H2,1H3,(H2,14,18)(H,15,17). The van der Waals surface area contributed by atoms with E-state index in [1.54, 1.807) is 12.1 Å². The number of benzene rings is 1. The van der Waals surface area contributed by atoms with E-state index in [9.17, 15) is 4.79 Å². The van der Waals surface area contributed by atoms with Gasteiger partial charge in [0.05, 0.1) is 0 Å². The van der Waals surface area contributed by atoms with Gasteiger partial charge in [-0.2, -0.15) is 0 Å². The zero-order chi connectivity index (χ0) is 13.3. The van der Waals surface area contributed by atoms with Gasteiger partial charge in [0.1, 0.15) is 11.0 Å². The molecule has 0 aliphatic carbocycles. The predicted molar refractivity (Wildman–Crippen MR) is 77.2 cm³/mol. The molecule has 1 aliphatic heterocycles. The van der Waals surface area contributed by atoms with Crippen molar-refractivity contribution < 1.29 is 4.79 Å². The first-order valence-electron chi connectivity index (χ1n) is 5.64. The van der Waals surface area contributed by atoms with Gasteiger partial charge in [0.2, 0.25) is 5.91 Å². The number of hydrogen-bond donors (Lipinski definition) is 2. The van der Waals surface area contributed by atoms with Gasteiger partial charge in [-0.1, -0.05) is 23.8 Å². The van der Waals surface area contributed by atoms with Crippen LogP contribution in [0.1, 0.15) is 12.5 Å². The third kappa shape index (κ3) is 2.42. The largest absolute Gasteiger partial charge is 0.389 e. The lowest BCUT2D eigenvalue weighted by molar-refractivity contribution is -0.122. The number of rotatable bonds is 2. The summed E-state index contributed by atoms with van der Waals surface area (Å²) in [6.45, 7) is 3.19. The van der Waals surface area contributed by atoms with Crippen LogP contribution < -0.4 is 16.0 Å². The molecule has 0 bridgehead atoms. The van der Waals surface area contributed by atoms with Crippen molar-refractivity contribution in [3.8, 4) is 0 Å². The second kappa shape index (κ2) is 5.12. The average Bonchev–Trinajstić information content (AvgIpc) is 2.33. The monoisotopic (exact) mass is 283 g/mol. The summed E-state index contributed by atoms with van der Waals surface area (Å²) in [5, 5.41) is 3.40. The molecule has 1 fully saturated rings. The normalized spacial score (nSPS) is 19.6. The topological polar surface area (TPSA) is 58.4 Å². The molecule has 0 radical (unpaired) electrons. The molecule has 1 aromatic carbocycles. The van der Waals surface area contributed by atoms with Gasteiger partial charge in [0.15, 0.2) is 0 Å². The minimum Gasteiger partial charge on any atom is -0.389 e. The van der Waals surface area contributed by atoms with E-state index in [0.29, 0.717) is 17.1 Å². The van der Waals surface area contributed by atoms with E-state index < -0.39 is 0 Å². The number of carbonyl (C=O) groups is 1. The Hall–Kier alpha value is -1.33. The van der Waals surface area contributed by atoms with Crippen LogP contribution in [0.15, 0.2) is 18.2 Å². The minimum absolute atomic E-state index is 0.00471. The molecule has 0 saturated carbocycles. The van der Waals surface area contributed by atoms with Crippen LogP contribution in [-0.2, 0) is 4.79 Å². The summed E-state index contributed by atoms with van der Waals surface area (Å²) in [5.41, 5.74) is 7.28. The van der Waals surface area contributed by atoms with Crippen LogP contribution in [0.4, 0.5) is 5.69 Å². The van der Waals surface area contributed by atoms with Crippen molar-refractivity contribution in [2.45, 2.75) is 13.0 Å². The Kier molecular flexibility index (Phi) is 3.73. The molecule has 18 heavy (non-hydrogen) atoms. The Balaban J connectivity index is 2.43. The third-order valence-corrected chi connectivity index (χ3v) is 3.49. The quantitative estimate of drug-likeness (QED) is 0.804. The second-order valence-corrected chi connectivity index (χ2v) is 5.06. The number of carbonyl (C=O) groups excluding carboxylic acids is 1. The molecule has 6 heteroatoms. The first kappa shape index (κ1) is 13.1. The fraction of sp³-hybridized carbons (Fsp3) is 0.333. The average molecular weight is 284 g/mol. The van der Waals surface area contributed by atoms with Crippen LogP contribution in [0.3, 0.4) is 0 Å². The van der Waals surface area contributed by atoms with E-state index in [4.69, 9.17) is 29.6 Å². The molecule has 1 atom stereocenters. The summed E-state index contributed by atoms with van der Waals surface area (Å²) >= 11 is 11.0. The highest BCUT2D eigenvalue weighted by Gasteiger charge is 2.27. The zero-order valence-corrected chi connectivity index (χ0v) is 11.5. The van der Waals surface area contributed by atoms with Crippen LogP contribution in [0, 0.1) is 0 Å². The number of hydrogen-bond acceptors (Lipinski definition) is 3. The maximum Gasteiger partial charge on any atom is 0.242 e. The summed E-state index contributed by atoms with van der Waals surface area (Å²) in [4.78, 5) is 14.0. The van der Waals surface area contributed by atoms with E-state index in [-0.39, 0.29) is 16.9 Å². The SMILES string of the molecule is CC1C(=O)NCCN1c1ccc(Cl)cc1C(N)=S. The molecule has 1 aliphatic rings. The summed E-state index contributed by atoms with van der Waals surface area (Å²) in [5.74, 6) is 0.00471. The van der Waals surface area contributed by atoms with Gasteiger partial charge in [-0.05, 0) is 25.1 Å². The molecule has 1 saturated heterocycles. The number of nitrogens with two attached hydrogens (primary N) is 1. The van der Waals surface area contributed by atoms with Gasteiger partial charge in [-0.15, -0.1) is 0 Å². The lowest BCUT2D eigenvalue weighted by Gasteiger charge is -2.35. The second-order valence-electron chi connectivity index (χ2n) is 4.19. The van der Waals surface area contributed by atoms with Crippen LogP contribution >= 0.6 is 23.8 Å². The molecular weight excluding hydrogens is 270 g/mol. The number of piperazine rings is 1. The number of thiocarbonyl (C=S) groups is 1. The molecule has 1 amide bonds. The molecular formula is C12H14ClN3OS. The van der Waals surface area contributed by atoms with E-state index in [1.165, 1.54) is 0 Å². The Bertz CT molecular complexity index is 506. The molecule has 0 aromatic heterocycles. The van der Waals surface area contributed by atoms with Gasteiger partial charge in [-0.25, -0.2) is 0 Å². The van der Waals surface area contributed by atoms with Gasteiger partial charge in [0, 0.05) is 29.4 Å². The number of nitrogens with zero attached hydrogens (tertiary/aromatic N) is 1. The highest BCUT2D eigenvalue weighted by atomic mass is 35.5. The number of nitrogens with one attached hydrogen (secondary N) is 1. The lowest BCUT2D eigenvalue weighted by Crippen LogP contribution is -2.54. The van der Waals surface area contributed by atoms with E-state index in [2.05, 4.69) is 5.32 Å². The molecule has 96 valence electrons. The molecule has 1 unspecified atom stereocenters. The molecule has 2 rings (SSSR count). The van der Waals surface area contributed by atoms with Crippen molar-refractivity contribution in [2.75, 3.05) is 18.0 Å². The van der Waals surface area contributed by atoms with Crippen molar-refractivity contribution in [1.29, 1.82) is 0 Å². The van der Waals surface area contributed by atoms with Gasteiger partial charge in [-0.3, -0.25) is 4.79 Å². The summed E-state index contributed by atoms with van der Waals surface area (Å²) in [6, 6.07) is 5.12. The molecule has 3 N–H and O–H groups in total. The van der Waals surface area contributed by atoms with Crippen molar-refractivity contribution in [2.24, 2.45) is 5.73 Å². The maximum atomic E-state index is 11.7. The Morgan fingerprint density at radius 1 is 1.61 bits per heavy atom. The molecule has 0 spiro atoms. The van der Waals surface area contributed by atoms with Crippen LogP contribution in [0.25, 0.3) is 0 Å². The molecule has 1 heterocycles. The van der Waals surface area contributed by atoms with Crippen molar-refractivity contribution >= 4 is 40.4 Å². The first-order chi connectivity index (χ1) is 8.50. The van der Waals surface area contributed by atoms with E-state index in [1.807, 2.05) is 17.9 Å². The number of anilines is 1. The predicted octanol–water partition coefficient (Wildman–Crippen LogP) is 1.30. The Labute approximate surface area is 116 Å². The van der Waals surface area contributed by atoms with Crippen LogP contribution in [0.5, 0.6) is 0 Å². The highest BCUT2D eigenvalue weighted by molar-refractivity contribution is 7.80. The Morgan fingerprint density at radius 2 is 2.33 bits per heavy atom. The van der Waals surface area contributed by atoms with E-state index in [0.717, 1.165) is 12.2 Å². The smallest absolute Gasteiger partial charge is 0.242 e. The summed E-state index contributed by atoms with van der Waals surface area (Å²) in [6.07, 6.45) is 0. The highest BCUT2D eigenvalue weighted by Crippen LogP contribution is 2.26. The van der Waals surface area contributed by atoms with Crippen molar-refractivity contribution in [1.82, 2.24) is 5.32 Å². The molecule has 1 aromatic rings. The number of amides is 1. The summed E-state index contributed by atoms with van der Waals surface area (Å²) in [7, 11) is 0. The van der Waals surface area contributed by atoms with Crippen LogP contribution in [0.2, 0.25) is 5.02 Å². The minimum atomic E-state index is -0.243. The fourth-order valence-electron chi connectivity index (χ4n) is 2.07. The lowest BCUT2D eigenvalue weighted by atomic mass is 10.1. The van der Waals surface area contributed by atoms with Gasteiger partial charge in [0.25, 0.3) is 0 Å². The van der Waals surface area contributed by atoms with Gasteiger partial charge < -0.3 is 16.0 Å². The molecule has 4 nitrogen and oxygen atoms in total. The van der Waals surface area contributed by atoms with Gasteiger partial charge >= 0.3 is 0 Å². The van der Waals surface area contributed by atoms with Crippen molar-refractivity contribution in [3.63, 3.8) is 0 Å². The van der Waals surface area contributed by atoms with Crippen molar-refractivity contribution in [3.05, 3.63) is 28.8 Å². The maximum absolute atomic E-state index is 11.7. The summed E-state index contributed by atoms with van der Waals surface area (Å²) < 4.78 is 0. The Morgan fingerprint density at radius 3 is 3.00 bits per heavy atom. The van der Waals surface area contributed by atoms with Crippen LogP contribution in [-0.4, -0.2) is 30.0 Å². The first-order valence-corrected chi connectivity index (χ1v) is 6.43. The fourth-order valence-corrected chi connectivity index (χ4v) is 2.40.